The SMILES string of the molecule is Cn1ccc(CN2CCCNC(=O)C2Cc2ccccc2)cc1=O. The molecule has 1 atom stereocenters. The van der Waals surface area contributed by atoms with E-state index in [1.54, 1.807) is 23.9 Å². The van der Waals surface area contributed by atoms with Crippen molar-refractivity contribution in [1.29, 1.82) is 0 Å². The summed E-state index contributed by atoms with van der Waals surface area (Å²) >= 11 is 0. The Labute approximate surface area is 141 Å². The Kier molecular flexibility index (Phi) is 5.11. The van der Waals surface area contributed by atoms with Crippen LogP contribution in [0.15, 0.2) is 53.5 Å². The molecule has 1 aromatic carbocycles. The molecular weight excluding hydrogens is 302 g/mol. The van der Waals surface area contributed by atoms with Crippen molar-refractivity contribution < 1.29 is 4.79 Å². The monoisotopic (exact) mass is 325 g/mol. The molecule has 0 aliphatic carbocycles. The normalized spacial score (nSPS) is 18.9. The molecule has 3 rings (SSSR count). The Morgan fingerprint density at radius 2 is 1.92 bits per heavy atom. The van der Waals surface area contributed by atoms with Gasteiger partial charge in [0.15, 0.2) is 0 Å². The van der Waals surface area contributed by atoms with Gasteiger partial charge in [-0.15, -0.1) is 0 Å². The third kappa shape index (κ3) is 3.92. The Morgan fingerprint density at radius 3 is 2.67 bits per heavy atom. The summed E-state index contributed by atoms with van der Waals surface area (Å²) in [5, 5.41) is 3.00. The fourth-order valence-corrected chi connectivity index (χ4v) is 3.10. The van der Waals surface area contributed by atoms with Crippen LogP contribution in [0.2, 0.25) is 0 Å². The number of nitrogens with one attached hydrogen (secondary N) is 1. The second kappa shape index (κ2) is 7.45. The summed E-state index contributed by atoms with van der Waals surface area (Å²) in [5.74, 6) is 0.0696. The minimum absolute atomic E-state index is 0.0219. The lowest BCUT2D eigenvalue weighted by atomic mass is 10.0. The van der Waals surface area contributed by atoms with Gasteiger partial charge in [-0.3, -0.25) is 14.5 Å². The molecule has 2 aromatic rings. The highest BCUT2D eigenvalue weighted by Gasteiger charge is 2.28. The van der Waals surface area contributed by atoms with E-state index in [2.05, 4.69) is 22.3 Å². The molecule has 1 fully saturated rings. The van der Waals surface area contributed by atoms with E-state index in [0.717, 1.165) is 24.1 Å². The second-order valence-electron chi connectivity index (χ2n) is 6.30. The molecule has 1 aromatic heterocycles. The van der Waals surface area contributed by atoms with Crippen molar-refractivity contribution in [2.45, 2.75) is 25.4 Å². The minimum atomic E-state index is -0.209. The standard InChI is InChI=1S/C19H23N3O2/c1-21-11-8-16(13-18(21)23)14-22-10-5-9-20-19(24)17(22)12-15-6-3-2-4-7-15/h2-4,6-8,11,13,17H,5,9-10,12,14H2,1H3,(H,20,24). The van der Waals surface area contributed by atoms with Crippen molar-refractivity contribution in [2.75, 3.05) is 13.1 Å². The van der Waals surface area contributed by atoms with Crippen LogP contribution in [0.5, 0.6) is 0 Å². The van der Waals surface area contributed by atoms with Gasteiger partial charge in [-0.05, 0) is 30.0 Å². The van der Waals surface area contributed by atoms with E-state index in [-0.39, 0.29) is 17.5 Å². The first-order valence-electron chi connectivity index (χ1n) is 8.35. The number of carbonyl (C=O) groups excluding carboxylic acids is 1. The molecule has 0 radical (unpaired) electrons. The lowest BCUT2D eigenvalue weighted by Gasteiger charge is -2.28. The van der Waals surface area contributed by atoms with Crippen LogP contribution in [0.4, 0.5) is 0 Å². The summed E-state index contributed by atoms with van der Waals surface area (Å²) in [7, 11) is 1.74. The van der Waals surface area contributed by atoms with Gasteiger partial charge in [-0.1, -0.05) is 30.3 Å². The second-order valence-corrected chi connectivity index (χ2v) is 6.30. The van der Waals surface area contributed by atoms with Crippen LogP contribution in [0.1, 0.15) is 17.5 Å². The molecule has 24 heavy (non-hydrogen) atoms. The first kappa shape index (κ1) is 16.5. The van der Waals surface area contributed by atoms with Crippen molar-refractivity contribution in [2.24, 2.45) is 7.05 Å². The predicted octanol–water partition coefficient (Wildman–Crippen LogP) is 1.32. The van der Waals surface area contributed by atoms with Crippen LogP contribution in [0.25, 0.3) is 0 Å². The van der Waals surface area contributed by atoms with Crippen molar-refractivity contribution in [3.8, 4) is 0 Å². The number of rotatable bonds is 4. The molecule has 1 aliphatic rings. The first-order valence-corrected chi connectivity index (χ1v) is 8.35. The average Bonchev–Trinajstić information content (AvgIpc) is 2.75. The zero-order chi connectivity index (χ0) is 16.9. The molecule has 2 heterocycles. The molecule has 0 bridgehead atoms. The van der Waals surface area contributed by atoms with Crippen LogP contribution in [-0.4, -0.2) is 34.5 Å². The van der Waals surface area contributed by atoms with Crippen LogP contribution in [-0.2, 0) is 24.8 Å². The van der Waals surface area contributed by atoms with Gasteiger partial charge in [0, 0.05) is 38.9 Å². The number of aryl methyl sites for hydroxylation is 1. The van der Waals surface area contributed by atoms with Crippen LogP contribution in [0, 0.1) is 0 Å². The number of nitrogens with zero attached hydrogens (tertiary/aromatic N) is 2. The van der Waals surface area contributed by atoms with E-state index < -0.39 is 0 Å². The number of carbonyl (C=O) groups is 1. The van der Waals surface area contributed by atoms with Crippen LogP contribution < -0.4 is 10.9 Å². The number of hydrogen-bond donors (Lipinski definition) is 1. The highest BCUT2D eigenvalue weighted by molar-refractivity contribution is 5.82. The Morgan fingerprint density at radius 1 is 1.12 bits per heavy atom. The highest BCUT2D eigenvalue weighted by atomic mass is 16.2. The maximum Gasteiger partial charge on any atom is 0.250 e. The van der Waals surface area contributed by atoms with Crippen molar-refractivity contribution in [3.63, 3.8) is 0 Å². The fraction of sp³-hybridized carbons (Fsp3) is 0.368. The summed E-state index contributed by atoms with van der Waals surface area (Å²) in [4.78, 5) is 26.6. The molecule has 5 heteroatoms. The predicted molar refractivity (Wildman–Crippen MR) is 93.7 cm³/mol. The number of amides is 1. The van der Waals surface area contributed by atoms with E-state index in [4.69, 9.17) is 0 Å². The van der Waals surface area contributed by atoms with E-state index >= 15 is 0 Å². The molecule has 1 N–H and O–H groups in total. The summed E-state index contributed by atoms with van der Waals surface area (Å²) in [6, 6.07) is 13.5. The van der Waals surface area contributed by atoms with E-state index in [9.17, 15) is 9.59 Å². The van der Waals surface area contributed by atoms with Gasteiger partial charge in [-0.25, -0.2) is 0 Å². The van der Waals surface area contributed by atoms with Gasteiger partial charge in [0.05, 0.1) is 6.04 Å². The van der Waals surface area contributed by atoms with Gasteiger partial charge in [0.2, 0.25) is 5.91 Å². The van der Waals surface area contributed by atoms with Crippen molar-refractivity contribution in [3.05, 3.63) is 70.1 Å². The zero-order valence-corrected chi connectivity index (χ0v) is 13.9. The van der Waals surface area contributed by atoms with Crippen LogP contribution >= 0.6 is 0 Å². The smallest absolute Gasteiger partial charge is 0.250 e. The van der Waals surface area contributed by atoms with Gasteiger partial charge in [0.25, 0.3) is 5.56 Å². The zero-order valence-electron chi connectivity index (χ0n) is 13.9. The third-order valence-electron chi connectivity index (χ3n) is 4.49. The fourth-order valence-electron chi connectivity index (χ4n) is 3.10. The molecule has 1 unspecified atom stereocenters. The number of hydrogen-bond acceptors (Lipinski definition) is 3. The third-order valence-corrected chi connectivity index (χ3v) is 4.49. The Hall–Kier alpha value is -2.40. The van der Waals surface area contributed by atoms with Gasteiger partial charge >= 0.3 is 0 Å². The maximum atomic E-state index is 12.5. The molecule has 126 valence electrons. The summed E-state index contributed by atoms with van der Waals surface area (Å²) in [5.41, 5.74) is 2.07. The molecule has 5 nitrogen and oxygen atoms in total. The van der Waals surface area contributed by atoms with Crippen LogP contribution in [0.3, 0.4) is 0 Å². The molecule has 1 amide bonds. The van der Waals surface area contributed by atoms with Gasteiger partial charge in [-0.2, -0.15) is 0 Å². The van der Waals surface area contributed by atoms with E-state index in [1.165, 1.54) is 0 Å². The summed E-state index contributed by atoms with van der Waals surface area (Å²) < 4.78 is 1.56. The largest absolute Gasteiger partial charge is 0.355 e. The average molecular weight is 325 g/mol. The van der Waals surface area contributed by atoms with Crippen molar-refractivity contribution in [1.82, 2.24) is 14.8 Å². The van der Waals surface area contributed by atoms with Gasteiger partial charge in [0.1, 0.15) is 0 Å². The number of pyridine rings is 1. The number of aromatic nitrogens is 1. The molecule has 0 saturated carbocycles. The topological polar surface area (TPSA) is 54.3 Å². The Bertz CT molecular complexity index is 755. The molecule has 1 saturated heterocycles. The Balaban J connectivity index is 1.82. The van der Waals surface area contributed by atoms with Gasteiger partial charge < -0.3 is 9.88 Å². The summed E-state index contributed by atoms with van der Waals surface area (Å²) in [6.45, 7) is 2.16. The number of benzene rings is 1. The lowest BCUT2D eigenvalue weighted by Crippen LogP contribution is -2.45. The molecule has 0 spiro atoms. The lowest BCUT2D eigenvalue weighted by molar-refractivity contribution is -0.125. The summed E-state index contributed by atoms with van der Waals surface area (Å²) in [6.07, 6.45) is 3.38. The van der Waals surface area contributed by atoms with E-state index in [0.29, 0.717) is 19.5 Å². The minimum Gasteiger partial charge on any atom is -0.355 e. The van der Waals surface area contributed by atoms with Crippen molar-refractivity contribution >= 4 is 5.91 Å². The maximum absolute atomic E-state index is 12.5. The molecule has 1 aliphatic heterocycles. The quantitative estimate of drug-likeness (QED) is 0.922. The molecular formula is C19H23N3O2. The first-order chi connectivity index (χ1) is 11.6. The van der Waals surface area contributed by atoms with E-state index in [1.807, 2.05) is 24.3 Å². The highest BCUT2D eigenvalue weighted by Crippen LogP contribution is 2.15.